The summed E-state index contributed by atoms with van der Waals surface area (Å²) in [4.78, 5) is 74.2. The lowest BCUT2D eigenvalue weighted by molar-refractivity contribution is -0.164. The molecule has 3 rings (SSSR count). The van der Waals surface area contributed by atoms with Gasteiger partial charge in [0.15, 0.2) is 6.10 Å². The molecule has 3 N–H and O–H groups in total. The molecule has 0 fully saturated rings. The summed E-state index contributed by atoms with van der Waals surface area (Å²) in [5.41, 5.74) is 2.15. The van der Waals surface area contributed by atoms with Crippen molar-refractivity contribution < 1.29 is 48.4 Å². The molecule has 14 heteroatoms. The number of rotatable bonds is 20. The average Bonchev–Trinajstić information content (AvgIpc) is 3.21. The van der Waals surface area contributed by atoms with E-state index in [1.807, 2.05) is 19.1 Å². The molecule has 0 aliphatic heterocycles. The first-order valence-electron chi connectivity index (χ1n) is 19.4. The summed E-state index contributed by atoms with van der Waals surface area (Å²) in [7, 11) is 9.21. The first kappa shape index (κ1) is 46.8. The minimum absolute atomic E-state index is 0.00475. The van der Waals surface area contributed by atoms with E-state index >= 15 is 0 Å². The molecule has 0 aromatic heterocycles. The normalized spacial score (nSPS) is 14.3. The Morgan fingerprint density at radius 2 is 1.09 bits per heavy atom. The van der Waals surface area contributed by atoms with Gasteiger partial charge in [-0.2, -0.15) is 0 Å². The van der Waals surface area contributed by atoms with Gasteiger partial charge < -0.3 is 39.5 Å². The second-order valence-corrected chi connectivity index (χ2v) is 15.2. The Labute approximate surface area is 342 Å². The van der Waals surface area contributed by atoms with E-state index in [4.69, 9.17) is 14.2 Å². The molecule has 6 atom stereocenters. The molecule has 58 heavy (non-hydrogen) atoms. The van der Waals surface area contributed by atoms with Gasteiger partial charge in [-0.1, -0.05) is 64.1 Å². The van der Waals surface area contributed by atoms with E-state index < -0.39 is 71.8 Å². The van der Waals surface area contributed by atoms with Crippen LogP contribution in [0.1, 0.15) is 50.8 Å². The Morgan fingerprint density at radius 1 is 0.638 bits per heavy atom. The summed E-state index contributed by atoms with van der Waals surface area (Å²) in [6.07, 6.45) is -0.341. The molecule has 0 unspecified atom stereocenters. The van der Waals surface area contributed by atoms with Crippen LogP contribution < -0.4 is 10.1 Å². The van der Waals surface area contributed by atoms with Crippen LogP contribution in [0.2, 0.25) is 0 Å². The third kappa shape index (κ3) is 12.7. The van der Waals surface area contributed by atoms with Gasteiger partial charge in [-0.3, -0.25) is 24.1 Å². The van der Waals surface area contributed by atoms with E-state index in [2.05, 4.69) is 5.32 Å². The Hall–Kier alpha value is -5.63. The molecule has 0 aliphatic rings. The molecule has 3 amide bonds. The fraction of sp³-hybridized carbons (Fsp3) is 0.477. The maximum atomic E-state index is 14.5. The van der Waals surface area contributed by atoms with Crippen LogP contribution in [-0.4, -0.2) is 127 Å². The molecule has 0 heterocycles. The first-order valence-corrected chi connectivity index (χ1v) is 19.4. The van der Waals surface area contributed by atoms with Crippen LogP contribution in [0.4, 0.5) is 0 Å². The maximum Gasteiger partial charge on any atom is 0.328 e. The van der Waals surface area contributed by atoms with Crippen molar-refractivity contribution in [1.29, 1.82) is 0 Å². The summed E-state index contributed by atoms with van der Waals surface area (Å²) in [6, 6.07) is 15.6. The van der Waals surface area contributed by atoms with Crippen LogP contribution in [0.3, 0.4) is 0 Å². The standard InChI is InChI=1S/C44H60N4O10/c1-11-28(4)39(58-44(55)36(46(5)6)25-31-16-22-34(56-9)23-17-31)40(51)45-38(27(2)3)42(53)47(7)35(24-29-12-18-32(49)19-13-29)41(52)48(8)37(43(54)57-10)26-30-14-20-33(50)21-15-30/h12-23,27-28,35-39,49-50H,11,24-26H2,1-10H3,(H,45,51)/t28-,35-,36-,37+,38-,39+/m1/s1. The van der Waals surface area contributed by atoms with Crippen molar-refractivity contribution >= 4 is 29.7 Å². The molecule has 0 radical (unpaired) electrons. The van der Waals surface area contributed by atoms with Gasteiger partial charge in [-0.05, 0) is 85.9 Å². The van der Waals surface area contributed by atoms with Gasteiger partial charge in [0.25, 0.3) is 5.91 Å². The first-order chi connectivity index (χ1) is 27.4. The van der Waals surface area contributed by atoms with Crippen LogP contribution >= 0.6 is 0 Å². The van der Waals surface area contributed by atoms with Gasteiger partial charge in [0.05, 0.1) is 14.2 Å². The fourth-order valence-corrected chi connectivity index (χ4v) is 6.43. The van der Waals surface area contributed by atoms with Gasteiger partial charge in [0, 0.05) is 32.9 Å². The number of esters is 2. The number of ether oxygens (including phenoxy) is 3. The molecule has 3 aromatic carbocycles. The molecule has 0 saturated carbocycles. The average molecular weight is 805 g/mol. The highest BCUT2D eigenvalue weighted by atomic mass is 16.6. The lowest BCUT2D eigenvalue weighted by Crippen LogP contribution is -2.59. The smallest absolute Gasteiger partial charge is 0.328 e. The summed E-state index contributed by atoms with van der Waals surface area (Å²) in [5, 5.41) is 22.6. The predicted octanol–water partition coefficient (Wildman–Crippen LogP) is 3.99. The number of benzene rings is 3. The molecule has 14 nitrogen and oxygen atoms in total. The predicted molar refractivity (Wildman–Crippen MR) is 219 cm³/mol. The van der Waals surface area contributed by atoms with Gasteiger partial charge in [0.1, 0.15) is 41.4 Å². The van der Waals surface area contributed by atoms with E-state index in [9.17, 15) is 34.2 Å². The van der Waals surface area contributed by atoms with E-state index in [0.29, 0.717) is 29.7 Å². The zero-order valence-electron chi connectivity index (χ0n) is 35.3. The lowest BCUT2D eigenvalue weighted by Gasteiger charge is -2.36. The number of hydrogen-bond acceptors (Lipinski definition) is 11. The third-order valence-corrected chi connectivity index (χ3v) is 10.5. The largest absolute Gasteiger partial charge is 0.508 e. The Kier molecular flexibility index (Phi) is 17.5. The van der Waals surface area contributed by atoms with Crippen molar-refractivity contribution in [3.8, 4) is 17.2 Å². The van der Waals surface area contributed by atoms with Gasteiger partial charge >= 0.3 is 11.9 Å². The molecular formula is C44H60N4O10. The number of phenols is 2. The molecule has 0 aliphatic carbocycles. The molecule has 316 valence electrons. The Morgan fingerprint density at radius 3 is 1.52 bits per heavy atom. The third-order valence-electron chi connectivity index (χ3n) is 10.5. The quantitative estimate of drug-likeness (QED) is 0.141. The Balaban J connectivity index is 1.92. The van der Waals surface area contributed by atoms with Crippen molar-refractivity contribution in [2.24, 2.45) is 11.8 Å². The van der Waals surface area contributed by atoms with E-state index in [1.54, 1.807) is 83.3 Å². The van der Waals surface area contributed by atoms with Crippen LogP contribution in [0.25, 0.3) is 0 Å². The van der Waals surface area contributed by atoms with Crippen LogP contribution in [0.15, 0.2) is 72.8 Å². The zero-order valence-corrected chi connectivity index (χ0v) is 35.3. The molecular weight excluding hydrogens is 745 g/mol. The lowest BCUT2D eigenvalue weighted by atomic mass is 9.96. The summed E-state index contributed by atoms with van der Waals surface area (Å²) >= 11 is 0. The number of carbonyl (C=O) groups excluding carboxylic acids is 5. The summed E-state index contributed by atoms with van der Waals surface area (Å²) in [6.45, 7) is 7.18. The number of amides is 3. The number of aromatic hydroxyl groups is 2. The SMILES string of the molecule is CC[C@@H](C)[C@H](OC(=O)[C@@H](Cc1ccc(OC)cc1)N(C)C)C(=O)N[C@@H](C(=O)N(C)[C@H](Cc1ccc(O)cc1)C(=O)N(C)[C@@H](Cc1ccc(O)cc1)C(=O)OC)C(C)C. The second kappa shape index (κ2) is 21.8. The van der Waals surface area contributed by atoms with E-state index in [0.717, 1.165) is 5.56 Å². The number of likely N-dealkylation sites (N-methyl/N-ethyl adjacent to an activating group) is 3. The number of carbonyl (C=O) groups is 5. The number of phenolic OH excluding ortho intramolecular Hbond substituents is 2. The van der Waals surface area contributed by atoms with E-state index in [-0.39, 0.29) is 24.3 Å². The highest BCUT2D eigenvalue weighted by molar-refractivity contribution is 5.95. The minimum atomic E-state index is -1.23. The van der Waals surface area contributed by atoms with Crippen molar-refractivity contribution in [2.45, 2.75) is 83.6 Å². The summed E-state index contributed by atoms with van der Waals surface area (Å²) < 4.78 is 16.3. The Bertz CT molecular complexity index is 1820. The van der Waals surface area contributed by atoms with Crippen molar-refractivity contribution in [3.63, 3.8) is 0 Å². The summed E-state index contributed by atoms with van der Waals surface area (Å²) in [5.74, 6) is -3.22. The minimum Gasteiger partial charge on any atom is -0.508 e. The highest BCUT2D eigenvalue weighted by Gasteiger charge is 2.40. The fourth-order valence-electron chi connectivity index (χ4n) is 6.43. The van der Waals surface area contributed by atoms with Crippen LogP contribution in [0, 0.1) is 11.8 Å². The second-order valence-electron chi connectivity index (χ2n) is 15.2. The monoisotopic (exact) mass is 804 g/mol. The molecule has 3 aromatic rings. The number of nitrogens with one attached hydrogen (secondary N) is 1. The molecule has 0 saturated heterocycles. The topological polar surface area (TPSA) is 175 Å². The van der Waals surface area contributed by atoms with Gasteiger partial charge in [-0.25, -0.2) is 4.79 Å². The maximum absolute atomic E-state index is 14.5. The van der Waals surface area contributed by atoms with Gasteiger partial charge in [-0.15, -0.1) is 0 Å². The van der Waals surface area contributed by atoms with Crippen LogP contribution in [-0.2, 0) is 52.7 Å². The molecule has 0 bridgehead atoms. The van der Waals surface area contributed by atoms with Crippen molar-refractivity contribution in [3.05, 3.63) is 89.5 Å². The zero-order chi connectivity index (χ0) is 43.3. The van der Waals surface area contributed by atoms with Crippen LogP contribution in [0.5, 0.6) is 17.2 Å². The highest BCUT2D eigenvalue weighted by Crippen LogP contribution is 2.22. The van der Waals surface area contributed by atoms with Crippen molar-refractivity contribution in [2.75, 3.05) is 42.4 Å². The number of hydrogen-bond donors (Lipinski definition) is 3. The molecule has 0 spiro atoms. The van der Waals surface area contributed by atoms with E-state index in [1.165, 1.54) is 55.3 Å². The van der Waals surface area contributed by atoms with Crippen molar-refractivity contribution in [1.82, 2.24) is 20.0 Å². The number of nitrogens with zero attached hydrogens (tertiary/aromatic N) is 3. The van der Waals surface area contributed by atoms with Gasteiger partial charge in [0.2, 0.25) is 11.8 Å². The number of methoxy groups -OCH3 is 2.